The second-order valence-corrected chi connectivity index (χ2v) is 6.97. The van der Waals surface area contributed by atoms with Crippen molar-refractivity contribution in [1.82, 2.24) is 3.97 Å². The summed E-state index contributed by atoms with van der Waals surface area (Å²) in [6, 6.07) is 11.3. The minimum absolute atomic E-state index is 0.0989. The van der Waals surface area contributed by atoms with Crippen molar-refractivity contribution in [3.63, 3.8) is 0 Å². The van der Waals surface area contributed by atoms with E-state index >= 15 is 0 Å². The van der Waals surface area contributed by atoms with Crippen molar-refractivity contribution < 1.29 is 22.7 Å². The highest BCUT2D eigenvalue weighted by Crippen LogP contribution is 2.30. The summed E-state index contributed by atoms with van der Waals surface area (Å²) in [6.07, 6.45) is 1.06. The molecule has 5 nitrogen and oxygen atoms in total. The van der Waals surface area contributed by atoms with Gasteiger partial charge >= 0.3 is 5.97 Å². The number of benzene rings is 2. The van der Waals surface area contributed by atoms with Gasteiger partial charge in [0.25, 0.3) is 0 Å². The molecule has 3 rings (SSSR count). The molecule has 0 fully saturated rings. The molecule has 0 aliphatic carbocycles. The molecule has 0 unspecified atom stereocenters. The summed E-state index contributed by atoms with van der Waals surface area (Å²) >= 11 is 0. The fraction of sp³-hybridized carbons (Fsp3) is 0.0625. The lowest BCUT2D eigenvalue weighted by Gasteiger charge is -2.08. The average molecular weight is 333 g/mol. The molecule has 2 aromatic carbocycles. The van der Waals surface area contributed by atoms with Crippen molar-refractivity contribution >= 4 is 26.9 Å². The number of aromatic carboxylic acids is 1. The molecule has 0 spiro atoms. The summed E-state index contributed by atoms with van der Waals surface area (Å²) in [6.45, 7) is 0. The maximum Gasteiger partial charge on any atom is 0.335 e. The summed E-state index contributed by atoms with van der Waals surface area (Å²) in [5, 5.41) is 9.38. The van der Waals surface area contributed by atoms with Crippen molar-refractivity contribution in [2.45, 2.75) is 0 Å². The van der Waals surface area contributed by atoms with Crippen LogP contribution in [0.2, 0.25) is 0 Å². The molecule has 0 amide bonds. The van der Waals surface area contributed by atoms with Gasteiger partial charge in [-0.15, -0.1) is 0 Å². The van der Waals surface area contributed by atoms with Gasteiger partial charge in [0.05, 0.1) is 23.0 Å². The largest absolute Gasteiger partial charge is 0.478 e. The molecule has 0 atom stereocenters. The molecule has 23 heavy (non-hydrogen) atoms. The maximum atomic E-state index is 13.4. The van der Waals surface area contributed by atoms with Crippen molar-refractivity contribution in [2.75, 3.05) is 6.26 Å². The van der Waals surface area contributed by atoms with Crippen LogP contribution in [-0.4, -0.2) is 29.7 Å². The van der Waals surface area contributed by atoms with E-state index in [0.29, 0.717) is 22.2 Å². The van der Waals surface area contributed by atoms with Crippen LogP contribution in [0.15, 0.2) is 48.5 Å². The molecular formula is C16H12FNO4S. The second-order valence-electron chi connectivity index (χ2n) is 5.14. The first kappa shape index (κ1) is 15.2. The zero-order valence-electron chi connectivity index (χ0n) is 12.0. The van der Waals surface area contributed by atoms with E-state index in [4.69, 9.17) is 5.11 Å². The van der Waals surface area contributed by atoms with Gasteiger partial charge in [-0.1, -0.05) is 12.1 Å². The highest BCUT2D eigenvalue weighted by Gasteiger charge is 2.18. The van der Waals surface area contributed by atoms with E-state index in [1.165, 1.54) is 42.5 Å². The molecule has 1 aromatic heterocycles. The molecular weight excluding hydrogens is 321 g/mol. The zero-order chi connectivity index (χ0) is 16.8. The number of carboxylic acid groups (broad SMARTS) is 1. The van der Waals surface area contributed by atoms with Gasteiger partial charge in [-0.3, -0.25) is 0 Å². The van der Waals surface area contributed by atoms with E-state index in [2.05, 4.69) is 0 Å². The van der Waals surface area contributed by atoms with Crippen LogP contribution in [0.25, 0.3) is 22.2 Å². The van der Waals surface area contributed by atoms with Gasteiger partial charge in [0, 0.05) is 5.39 Å². The van der Waals surface area contributed by atoms with Gasteiger partial charge in [-0.05, 0) is 42.0 Å². The minimum Gasteiger partial charge on any atom is -0.478 e. The van der Waals surface area contributed by atoms with E-state index in [9.17, 15) is 17.6 Å². The molecule has 0 aliphatic rings. The highest BCUT2D eigenvalue weighted by atomic mass is 32.2. The number of halogens is 1. The summed E-state index contributed by atoms with van der Waals surface area (Å²) in [5.74, 6) is -1.53. The summed E-state index contributed by atoms with van der Waals surface area (Å²) in [5.41, 5.74) is 1.34. The lowest BCUT2D eigenvalue weighted by atomic mass is 10.1. The Bertz CT molecular complexity index is 1020. The van der Waals surface area contributed by atoms with Crippen LogP contribution in [0, 0.1) is 5.82 Å². The molecule has 0 saturated carbocycles. The summed E-state index contributed by atoms with van der Waals surface area (Å²) in [7, 11) is -3.63. The minimum atomic E-state index is -3.63. The normalized spacial score (nSPS) is 11.7. The third kappa shape index (κ3) is 2.70. The molecule has 0 bridgehead atoms. The molecule has 118 valence electrons. The van der Waals surface area contributed by atoms with Crippen LogP contribution in [-0.2, 0) is 10.0 Å². The Labute approximate surface area is 131 Å². The average Bonchev–Trinajstić information content (AvgIpc) is 2.85. The molecule has 7 heteroatoms. The fourth-order valence-electron chi connectivity index (χ4n) is 2.50. The van der Waals surface area contributed by atoms with Crippen LogP contribution in [0.4, 0.5) is 4.39 Å². The van der Waals surface area contributed by atoms with Gasteiger partial charge in [0.1, 0.15) is 5.82 Å². The first-order valence-corrected chi connectivity index (χ1v) is 8.47. The predicted octanol–water partition coefficient (Wildman–Crippen LogP) is 2.95. The first-order valence-electron chi connectivity index (χ1n) is 6.62. The molecule has 0 saturated heterocycles. The summed E-state index contributed by atoms with van der Waals surface area (Å²) in [4.78, 5) is 10.9. The Morgan fingerprint density at radius 2 is 1.74 bits per heavy atom. The topological polar surface area (TPSA) is 76.4 Å². The SMILES string of the molecule is CS(=O)(=O)n1c(-c2ccc(C(=O)O)cc2)cc2cc(F)ccc21. The standard InChI is InChI=1S/C16H12FNO4S/c1-23(21,22)18-14-7-6-13(17)8-12(14)9-15(18)10-2-4-11(5-3-10)16(19)20/h2-9H,1H3,(H,19,20). The number of hydrogen-bond donors (Lipinski definition) is 1. The number of aromatic nitrogens is 1. The van der Waals surface area contributed by atoms with E-state index in [1.54, 1.807) is 6.07 Å². The number of carboxylic acids is 1. The smallest absolute Gasteiger partial charge is 0.335 e. The van der Waals surface area contributed by atoms with Crippen molar-refractivity contribution in [2.24, 2.45) is 0 Å². The quantitative estimate of drug-likeness (QED) is 0.799. The molecule has 3 aromatic rings. The predicted molar refractivity (Wildman–Crippen MR) is 84.5 cm³/mol. The van der Waals surface area contributed by atoms with Crippen LogP contribution in [0.1, 0.15) is 10.4 Å². The monoisotopic (exact) mass is 333 g/mol. The van der Waals surface area contributed by atoms with Gasteiger partial charge in [-0.25, -0.2) is 21.6 Å². The van der Waals surface area contributed by atoms with E-state index in [1.807, 2.05) is 0 Å². The van der Waals surface area contributed by atoms with Crippen LogP contribution < -0.4 is 0 Å². The third-order valence-corrected chi connectivity index (χ3v) is 4.54. The number of hydrogen-bond acceptors (Lipinski definition) is 3. The zero-order valence-corrected chi connectivity index (χ0v) is 12.8. The first-order chi connectivity index (χ1) is 10.8. The number of nitrogens with zero attached hydrogens (tertiary/aromatic N) is 1. The third-order valence-electron chi connectivity index (χ3n) is 3.48. The molecule has 0 radical (unpaired) electrons. The Morgan fingerprint density at radius 1 is 1.09 bits per heavy atom. The van der Waals surface area contributed by atoms with Crippen LogP contribution >= 0.6 is 0 Å². The lowest BCUT2D eigenvalue weighted by molar-refractivity contribution is 0.0697. The molecule has 0 aliphatic heterocycles. The van der Waals surface area contributed by atoms with Gasteiger partial charge in [0.15, 0.2) is 0 Å². The second kappa shape index (κ2) is 5.20. The van der Waals surface area contributed by atoms with E-state index in [0.717, 1.165) is 10.2 Å². The van der Waals surface area contributed by atoms with Gasteiger partial charge in [-0.2, -0.15) is 0 Å². The number of fused-ring (bicyclic) bond motifs is 1. The number of carbonyl (C=O) groups is 1. The Morgan fingerprint density at radius 3 is 2.30 bits per heavy atom. The Hall–Kier alpha value is -2.67. The molecule has 1 N–H and O–H groups in total. The van der Waals surface area contributed by atoms with Gasteiger partial charge < -0.3 is 5.11 Å². The summed E-state index contributed by atoms with van der Waals surface area (Å²) < 4.78 is 38.8. The van der Waals surface area contributed by atoms with Crippen molar-refractivity contribution in [1.29, 1.82) is 0 Å². The van der Waals surface area contributed by atoms with Crippen molar-refractivity contribution in [3.05, 3.63) is 59.9 Å². The van der Waals surface area contributed by atoms with Crippen LogP contribution in [0.5, 0.6) is 0 Å². The van der Waals surface area contributed by atoms with E-state index in [-0.39, 0.29) is 5.56 Å². The molecule has 1 heterocycles. The van der Waals surface area contributed by atoms with E-state index < -0.39 is 21.8 Å². The number of rotatable bonds is 3. The Balaban J connectivity index is 2.30. The van der Waals surface area contributed by atoms with Crippen molar-refractivity contribution in [3.8, 4) is 11.3 Å². The lowest BCUT2D eigenvalue weighted by Crippen LogP contribution is -2.11. The fourth-order valence-corrected chi connectivity index (χ4v) is 3.54. The van der Waals surface area contributed by atoms with Gasteiger partial charge in [0.2, 0.25) is 10.0 Å². The maximum absolute atomic E-state index is 13.4. The van der Waals surface area contributed by atoms with Crippen LogP contribution in [0.3, 0.4) is 0 Å². The highest BCUT2D eigenvalue weighted by molar-refractivity contribution is 7.89. The Kier molecular flexibility index (Phi) is 3.45.